The molecule has 0 aromatic carbocycles. The van der Waals surface area contributed by atoms with Crippen LogP contribution in [-0.2, 0) is 6.54 Å². The molecule has 1 saturated heterocycles. The molecule has 1 aliphatic heterocycles. The Labute approximate surface area is 148 Å². The second kappa shape index (κ2) is 7.97. The van der Waals surface area contributed by atoms with Gasteiger partial charge < -0.3 is 25.6 Å². The van der Waals surface area contributed by atoms with Gasteiger partial charge in [0.2, 0.25) is 5.95 Å². The van der Waals surface area contributed by atoms with Crippen LogP contribution in [0.25, 0.3) is 11.2 Å². The van der Waals surface area contributed by atoms with Crippen LogP contribution in [0.3, 0.4) is 0 Å². The molecule has 8 heteroatoms. The molecule has 4 N–H and O–H groups in total. The topological polar surface area (TPSA) is 99.9 Å². The van der Waals surface area contributed by atoms with Gasteiger partial charge in [-0.1, -0.05) is 6.92 Å². The summed E-state index contributed by atoms with van der Waals surface area (Å²) in [4.78, 5) is 13.8. The minimum Gasteiger partial charge on any atom is -0.391 e. The Morgan fingerprint density at radius 2 is 2.24 bits per heavy atom. The highest BCUT2D eigenvalue weighted by atomic mass is 16.3. The molecule has 0 bridgehead atoms. The van der Waals surface area contributed by atoms with Gasteiger partial charge in [-0.15, -0.1) is 0 Å². The third kappa shape index (κ3) is 4.01. The average Bonchev–Trinajstić information content (AvgIpc) is 3.03. The lowest BCUT2D eigenvalue weighted by molar-refractivity contribution is 0.169. The van der Waals surface area contributed by atoms with Crippen LogP contribution in [0.4, 0.5) is 11.8 Å². The van der Waals surface area contributed by atoms with E-state index in [0.717, 1.165) is 55.9 Å². The number of aryl methyl sites for hydroxylation is 1. The van der Waals surface area contributed by atoms with E-state index in [1.165, 1.54) is 0 Å². The molecule has 3 heterocycles. The average molecular weight is 347 g/mol. The van der Waals surface area contributed by atoms with Crippen molar-refractivity contribution in [3.8, 4) is 0 Å². The van der Waals surface area contributed by atoms with Crippen molar-refractivity contribution in [1.82, 2.24) is 24.8 Å². The van der Waals surface area contributed by atoms with Gasteiger partial charge in [0.25, 0.3) is 0 Å². The van der Waals surface area contributed by atoms with Crippen LogP contribution in [0.2, 0.25) is 0 Å². The van der Waals surface area contributed by atoms with Crippen LogP contribution in [0.15, 0.2) is 6.33 Å². The molecule has 1 aliphatic rings. The Kier molecular flexibility index (Phi) is 5.70. The fourth-order valence-electron chi connectivity index (χ4n) is 3.24. The van der Waals surface area contributed by atoms with E-state index in [4.69, 9.17) is 0 Å². The fourth-order valence-corrected chi connectivity index (χ4v) is 3.24. The molecule has 0 amide bonds. The van der Waals surface area contributed by atoms with E-state index in [2.05, 4.69) is 37.8 Å². The van der Waals surface area contributed by atoms with Crippen LogP contribution in [0.1, 0.15) is 40.0 Å². The first kappa shape index (κ1) is 17.9. The minimum atomic E-state index is -0.473. The molecule has 0 unspecified atom stereocenters. The predicted octanol–water partition coefficient (Wildman–Crippen LogP) is 1.58. The number of nitrogens with zero attached hydrogens (tertiary/aromatic N) is 4. The molecule has 138 valence electrons. The highest BCUT2D eigenvalue weighted by Crippen LogP contribution is 2.23. The molecule has 2 aromatic heterocycles. The largest absolute Gasteiger partial charge is 0.391 e. The van der Waals surface area contributed by atoms with E-state index < -0.39 is 6.10 Å². The van der Waals surface area contributed by atoms with Crippen LogP contribution in [0.5, 0.6) is 0 Å². The zero-order valence-electron chi connectivity index (χ0n) is 15.3. The SMILES string of the molecule is CC[C@H](Nc1nc(N[C@H]2CCCNC2)c2ncn(CC)c2n1)[C@@H](C)O. The number of fused-ring (bicyclic) bond motifs is 1. The zero-order chi connectivity index (χ0) is 17.8. The lowest BCUT2D eigenvalue weighted by Gasteiger charge is -2.25. The number of hydrogen-bond acceptors (Lipinski definition) is 7. The lowest BCUT2D eigenvalue weighted by Crippen LogP contribution is -2.38. The van der Waals surface area contributed by atoms with E-state index in [0.29, 0.717) is 12.0 Å². The number of hydrogen-bond donors (Lipinski definition) is 4. The molecular formula is C17H29N7O. The summed E-state index contributed by atoms with van der Waals surface area (Å²) in [5.74, 6) is 1.29. The van der Waals surface area contributed by atoms with E-state index in [1.54, 1.807) is 13.3 Å². The quantitative estimate of drug-likeness (QED) is 0.603. The van der Waals surface area contributed by atoms with Crippen LogP contribution >= 0.6 is 0 Å². The standard InChI is InChI=1S/C17H29N7O/c1-4-13(11(3)25)21-17-22-15(20-12-7-6-8-18-9-12)14-16(23-17)24(5-2)10-19-14/h10-13,18,25H,4-9H2,1-3H3,(H2,20,21,22,23)/t11-,12+,13+/m1/s1. The maximum atomic E-state index is 9.92. The number of piperidine rings is 1. The maximum absolute atomic E-state index is 9.92. The van der Waals surface area contributed by atoms with Crippen molar-refractivity contribution in [3.05, 3.63) is 6.33 Å². The van der Waals surface area contributed by atoms with Crippen molar-refractivity contribution in [3.63, 3.8) is 0 Å². The molecule has 2 aromatic rings. The number of nitrogens with one attached hydrogen (secondary N) is 3. The molecule has 3 rings (SSSR count). The second-order valence-electron chi connectivity index (χ2n) is 6.69. The van der Waals surface area contributed by atoms with Crippen LogP contribution in [0, 0.1) is 0 Å². The van der Waals surface area contributed by atoms with E-state index in [9.17, 15) is 5.11 Å². The van der Waals surface area contributed by atoms with Gasteiger partial charge in [0.15, 0.2) is 17.0 Å². The summed E-state index contributed by atoms with van der Waals surface area (Å²) in [6.45, 7) is 8.67. The number of aliphatic hydroxyl groups excluding tert-OH is 1. The lowest BCUT2D eigenvalue weighted by atomic mass is 10.1. The smallest absolute Gasteiger partial charge is 0.227 e. The van der Waals surface area contributed by atoms with E-state index in [1.807, 2.05) is 11.5 Å². The molecular weight excluding hydrogens is 318 g/mol. The Morgan fingerprint density at radius 1 is 1.40 bits per heavy atom. The monoisotopic (exact) mass is 347 g/mol. The number of imidazole rings is 1. The predicted molar refractivity (Wildman–Crippen MR) is 99.9 cm³/mol. The van der Waals surface area contributed by atoms with Crippen molar-refractivity contribution in [2.45, 2.75) is 64.8 Å². The van der Waals surface area contributed by atoms with Gasteiger partial charge in [-0.05, 0) is 39.7 Å². The molecule has 8 nitrogen and oxygen atoms in total. The van der Waals surface area contributed by atoms with Gasteiger partial charge in [0, 0.05) is 19.1 Å². The van der Waals surface area contributed by atoms with Gasteiger partial charge in [0.05, 0.1) is 18.5 Å². The molecule has 0 radical (unpaired) electrons. The first-order valence-corrected chi connectivity index (χ1v) is 9.27. The van der Waals surface area contributed by atoms with Crippen LogP contribution < -0.4 is 16.0 Å². The molecule has 1 fully saturated rings. The third-order valence-electron chi connectivity index (χ3n) is 4.78. The number of aromatic nitrogens is 4. The van der Waals surface area contributed by atoms with E-state index in [-0.39, 0.29) is 6.04 Å². The summed E-state index contributed by atoms with van der Waals surface area (Å²) in [6, 6.07) is 0.254. The summed E-state index contributed by atoms with van der Waals surface area (Å²) in [5.41, 5.74) is 1.61. The maximum Gasteiger partial charge on any atom is 0.227 e. The van der Waals surface area contributed by atoms with Crippen molar-refractivity contribution in [2.24, 2.45) is 0 Å². The molecule has 0 aliphatic carbocycles. The van der Waals surface area contributed by atoms with Gasteiger partial charge in [-0.3, -0.25) is 0 Å². The van der Waals surface area contributed by atoms with Crippen molar-refractivity contribution >= 4 is 22.9 Å². The Hall–Kier alpha value is -1.93. The Morgan fingerprint density at radius 3 is 2.88 bits per heavy atom. The van der Waals surface area contributed by atoms with Crippen LogP contribution in [-0.4, -0.2) is 55.9 Å². The molecule has 0 saturated carbocycles. The Bertz CT molecular complexity index is 694. The molecule has 25 heavy (non-hydrogen) atoms. The van der Waals surface area contributed by atoms with Gasteiger partial charge >= 0.3 is 0 Å². The summed E-state index contributed by atoms with van der Waals surface area (Å²) in [6.07, 6.45) is 4.39. The summed E-state index contributed by atoms with van der Waals surface area (Å²) in [7, 11) is 0. The van der Waals surface area contributed by atoms with Crippen molar-refractivity contribution in [1.29, 1.82) is 0 Å². The molecule has 0 spiro atoms. The normalized spacial score (nSPS) is 20.4. The summed E-state index contributed by atoms with van der Waals surface area (Å²) < 4.78 is 2.01. The van der Waals surface area contributed by atoms with Crippen molar-refractivity contribution < 1.29 is 5.11 Å². The highest BCUT2D eigenvalue weighted by molar-refractivity contribution is 5.84. The number of aliphatic hydroxyl groups is 1. The minimum absolute atomic E-state index is 0.0837. The first-order chi connectivity index (χ1) is 12.1. The summed E-state index contributed by atoms with van der Waals surface area (Å²) >= 11 is 0. The Balaban J connectivity index is 1.93. The van der Waals surface area contributed by atoms with Crippen molar-refractivity contribution in [2.75, 3.05) is 23.7 Å². The summed E-state index contributed by atoms with van der Waals surface area (Å²) in [5, 5.41) is 20.1. The fraction of sp³-hybridized carbons (Fsp3) is 0.706. The van der Waals surface area contributed by atoms with Gasteiger partial charge in [-0.2, -0.15) is 9.97 Å². The zero-order valence-corrected chi connectivity index (χ0v) is 15.3. The molecule has 3 atom stereocenters. The first-order valence-electron chi connectivity index (χ1n) is 9.27. The number of anilines is 2. The van der Waals surface area contributed by atoms with Gasteiger partial charge in [-0.25, -0.2) is 4.98 Å². The van der Waals surface area contributed by atoms with E-state index >= 15 is 0 Å². The second-order valence-corrected chi connectivity index (χ2v) is 6.69. The third-order valence-corrected chi connectivity index (χ3v) is 4.78. The highest BCUT2D eigenvalue weighted by Gasteiger charge is 2.20. The van der Waals surface area contributed by atoms with Gasteiger partial charge in [0.1, 0.15) is 0 Å². The number of rotatable bonds is 7.